The van der Waals surface area contributed by atoms with Crippen molar-refractivity contribution in [3.63, 3.8) is 0 Å². The molecule has 3 heteroatoms. The summed E-state index contributed by atoms with van der Waals surface area (Å²) < 4.78 is 11.3. The maximum Gasteiger partial charge on any atom is 0.125 e. The summed E-state index contributed by atoms with van der Waals surface area (Å²) in [6, 6.07) is 9.86. The molecule has 0 amide bonds. The van der Waals surface area contributed by atoms with E-state index in [1.807, 2.05) is 18.2 Å². The van der Waals surface area contributed by atoms with Crippen molar-refractivity contribution in [2.24, 2.45) is 0 Å². The Morgan fingerprint density at radius 1 is 1.00 bits per heavy atom. The van der Waals surface area contributed by atoms with Gasteiger partial charge in [0.2, 0.25) is 0 Å². The third kappa shape index (κ3) is 3.56. The molecule has 2 rings (SSSR count). The molecule has 0 fully saturated rings. The normalized spacial score (nSPS) is 10.5. The lowest BCUT2D eigenvalue weighted by molar-refractivity contribution is 0.278. The maximum absolute atomic E-state index is 9.25. The Bertz CT molecular complexity index is 609. The topological polar surface area (TPSA) is 38.7 Å². The first kappa shape index (κ1) is 15.4. The molecule has 0 bridgehead atoms. The number of benzene rings is 2. The van der Waals surface area contributed by atoms with E-state index in [9.17, 15) is 5.11 Å². The van der Waals surface area contributed by atoms with E-state index in [1.54, 1.807) is 7.11 Å². The molecule has 0 aliphatic rings. The lowest BCUT2D eigenvalue weighted by Crippen LogP contribution is -2.02. The highest BCUT2D eigenvalue weighted by atomic mass is 16.5. The average Bonchev–Trinajstić information content (AvgIpc) is 2.45. The van der Waals surface area contributed by atoms with E-state index in [2.05, 4.69) is 32.9 Å². The molecule has 1 N–H and O–H groups in total. The van der Waals surface area contributed by atoms with E-state index in [0.717, 1.165) is 33.8 Å². The van der Waals surface area contributed by atoms with E-state index < -0.39 is 0 Å². The van der Waals surface area contributed by atoms with Crippen molar-refractivity contribution in [2.45, 2.75) is 34.0 Å². The zero-order chi connectivity index (χ0) is 15.4. The Labute approximate surface area is 126 Å². The van der Waals surface area contributed by atoms with Gasteiger partial charge in [-0.3, -0.25) is 0 Å². The summed E-state index contributed by atoms with van der Waals surface area (Å²) in [6.07, 6.45) is 0. The van der Waals surface area contributed by atoms with Crippen LogP contribution in [0.2, 0.25) is 0 Å². The highest BCUT2D eigenvalue weighted by molar-refractivity contribution is 5.44. The van der Waals surface area contributed by atoms with E-state index in [-0.39, 0.29) is 6.61 Å². The van der Waals surface area contributed by atoms with E-state index in [4.69, 9.17) is 9.47 Å². The van der Waals surface area contributed by atoms with Gasteiger partial charge in [-0.05, 0) is 49.6 Å². The van der Waals surface area contributed by atoms with Crippen LogP contribution in [0.3, 0.4) is 0 Å². The standard InChI is InChI=1S/C18H22O3/c1-12-7-13(2)18(14(3)8-12)21-11-16-9-15(10-19)5-6-17(16)20-4/h5-9,19H,10-11H2,1-4H3. The Morgan fingerprint density at radius 3 is 2.24 bits per heavy atom. The fraction of sp³-hybridized carbons (Fsp3) is 0.333. The minimum atomic E-state index is 0.0135. The Morgan fingerprint density at radius 2 is 1.67 bits per heavy atom. The van der Waals surface area contributed by atoms with Gasteiger partial charge in [-0.25, -0.2) is 0 Å². The molecule has 112 valence electrons. The van der Waals surface area contributed by atoms with Crippen LogP contribution in [0.25, 0.3) is 0 Å². The van der Waals surface area contributed by atoms with Crippen molar-refractivity contribution >= 4 is 0 Å². The van der Waals surface area contributed by atoms with Gasteiger partial charge in [0.25, 0.3) is 0 Å². The highest BCUT2D eigenvalue weighted by Gasteiger charge is 2.09. The Hall–Kier alpha value is -2.00. The molecule has 3 nitrogen and oxygen atoms in total. The number of aliphatic hydroxyl groups is 1. The summed E-state index contributed by atoms with van der Waals surface area (Å²) in [6.45, 7) is 6.62. The minimum absolute atomic E-state index is 0.0135. The van der Waals surface area contributed by atoms with Crippen molar-refractivity contribution in [1.29, 1.82) is 0 Å². The van der Waals surface area contributed by atoms with Crippen LogP contribution in [0.4, 0.5) is 0 Å². The van der Waals surface area contributed by atoms with Crippen LogP contribution in [0, 0.1) is 20.8 Å². The van der Waals surface area contributed by atoms with Gasteiger partial charge in [-0.1, -0.05) is 23.8 Å². The third-order valence-electron chi connectivity index (χ3n) is 3.50. The minimum Gasteiger partial charge on any atom is -0.496 e. The molecule has 0 saturated carbocycles. The molecule has 2 aromatic rings. The number of aryl methyl sites for hydroxylation is 3. The summed E-state index contributed by atoms with van der Waals surface area (Å²) in [4.78, 5) is 0. The molecule has 0 atom stereocenters. The molecular formula is C18H22O3. The average molecular weight is 286 g/mol. The first-order valence-electron chi connectivity index (χ1n) is 7.02. The molecule has 0 heterocycles. The zero-order valence-corrected chi connectivity index (χ0v) is 13.1. The molecule has 0 radical (unpaired) electrons. The number of methoxy groups -OCH3 is 1. The van der Waals surface area contributed by atoms with Gasteiger partial charge in [0.05, 0.1) is 13.7 Å². The molecule has 21 heavy (non-hydrogen) atoms. The fourth-order valence-electron chi connectivity index (χ4n) is 2.59. The number of hydrogen-bond acceptors (Lipinski definition) is 3. The van der Waals surface area contributed by atoms with Crippen LogP contribution in [0.5, 0.6) is 11.5 Å². The summed E-state index contributed by atoms with van der Waals surface area (Å²) in [5.41, 5.74) is 5.28. The van der Waals surface area contributed by atoms with Gasteiger partial charge >= 0.3 is 0 Å². The van der Waals surface area contributed by atoms with Gasteiger partial charge in [0.15, 0.2) is 0 Å². The van der Waals surface area contributed by atoms with Crippen LogP contribution < -0.4 is 9.47 Å². The van der Waals surface area contributed by atoms with E-state index >= 15 is 0 Å². The van der Waals surface area contributed by atoms with Crippen molar-refractivity contribution < 1.29 is 14.6 Å². The Kier molecular flexibility index (Phi) is 4.86. The van der Waals surface area contributed by atoms with Gasteiger partial charge in [-0.15, -0.1) is 0 Å². The third-order valence-corrected chi connectivity index (χ3v) is 3.50. The molecule has 0 spiro atoms. The number of hydrogen-bond donors (Lipinski definition) is 1. The second-order valence-corrected chi connectivity index (χ2v) is 5.32. The van der Waals surface area contributed by atoms with Gasteiger partial charge in [0, 0.05) is 5.56 Å². The molecule has 0 saturated heterocycles. The van der Waals surface area contributed by atoms with Crippen molar-refractivity contribution in [2.75, 3.05) is 7.11 Å². The highest BCUT2D eigenvalue weighted by Crippen LogP contribution is 2.27. The van der Waals surface area contributed by atoms with E-state index in [0.29, 0.717) is 6.61 Å². The van der Waals surface area contributed by atoms with Crippen molar-refractivity contribution in [3.8, 4) is 11.5 Å². The van der Waals surface area contributed by atoms with Crippen molar-refractivity contribution in [1.82, 2.24) is 0 Å². The molecular weight excluding hydrogens is 264 g/mol. The van der Waals surface area contributed by atoms with Gasteiger partial charge in [0.1, 0.15) is 18.1 Å². The quantitative estimate of drug-likeness (QED) is 0.911. The second kappa shape index (κ2) is 6.64. The van der Waals surface area contributed by atoms with Crippen molar-refractivity contribution in [3.05, 3.63) is 58.1 Å². The molecule has 0 unspecified atom stereocenters. The zero-order valence-electron chi connectivity index (χ0n) is 13.1. The predicted molar refractivity (Wildman–Crippen MR) is 83.9 cm³/mol. The maximum atomic E-state index is 9.25. The summed E-state index contributed by atoms with van der Waals surface area (Å²) in [7, 11) is 1.64. The largest absolute Gasteiger partial charge is 0.496 e. The van der Waals surface area contributed by atoms with Crippen LogP contribution in [0.1, 0.15) is 27.8 Å². The molecule has 0 aromatic heterocycles. The number of ether oxygens (including phenoxy) is 2. The van der Waals surface area contributed by atoms with Crippen LogP contribution >= 0.6 is 0 Å². The van der Waals surface area contributed by atoms with Crippen LogP contribution in [0.15, 0.2) is 30.3 Å². The first-order chi connectivity index (χ1) is 10.0. The molecule has 0 aliphatic heterocycles. The first-order valence-corrected chi connectivity index (χ1v) is 7.02. The van der Waals surface area contributed by atoms with Crippen LogP contribution in [-0.2, 0) is 13.2 Å². The fourth-order valence-corrected chi connectivity index (χ4v) is 2.59. The second-order valence-electron chi connectivity index (χ2n) is 5.32. The molecule has 2 aromatic carbocycles. The SMILES string of the molecule is COc1ccc(CO)cc1COc1c(C)cc(C)cc1C. The number of aliphatic hydroxyl groups excluding tert-OH is 1. The van der Waals surface area contributed by atoms with Crippen LogP contribution in [-0.4, -0.2) is 12.2 Å². The predicted octanol–water partition coefficient (Wildman–Crippen LogP) is 3.69. The van der Waals surface area contributed by atoms with E-state index in [1.165, 1.54) is 5.56 Å². The molecule has 0 aliphatic carbocycles. The smallest absolute Gasteiger partial charge is 0.125 e. The lowest BCUT2D eigenvalue weighted by atomic mass is 10.1. The summed E-state index contributed by atoms with van der Waals surface area (Å²) in [5.74, 6) is 1.69. The monoisotopic (exact) mass is 286 g/mol. The lowest BCUT2D eigenvalue weighted by Gasteiger charge is -2.15. The summed E-state index contributed by atoms with van der Waals surface area (Å²) >= 11 is 0. The van der Waals surface area contributed by atoms with Gasteiger partial charge < -0.3 is 14.6 Å². The van der Waals surface area contributed by atoms with Gasteiger partial charge in [-0.2, -0.15) is 0 Å². The number of rotatable bonds is 5. The summed E-state index contributed by atoms with van der Waals surface area (Å²) in [5, 5.41) is 9.25. The Balaban J connectivity index is 2.24.